The van der Waals surface area contributed by atoms with Crippen LogP contribution in [-0.4, -0.2) is 89.7 Å². The highest BCUT2D eigenvalue weighted by Gasteiger charge is 2.39. The lowest BCUT2D eigenvalue weighted by Gasteiger charge is -2.45. The molecule has 4 fully saturated rings. The molecule has 0 radical (unpaired) electrons. The average molecular weight is 780 g/mol. The van der Waals surface area contributed by atoms with Gasteiger partial charge in [-0.15, -0.1) is 0 Å². The molecule has 4 saturated heterocycles. The standard InChI is InChI=1S/C45H55F2N7O3/c1-44(2)24-30(25-45(3,4)57-44)21-34(31-5-9-38-35(22-31)37(47)27-48-38)32-6-11-41(49-26-32)54-15-13-29(14-16-54)28-52-17-19-53(20-18-52)33-7-8-36(46)40(23-33)50-39-10-12-42(55)51-43(39)56/h5-9,11,21-23,26-27,29-30,39,48,50H,10,12-20,24-25,28H2,1-4H3,(H,51,55,56). The number of H-pyrrole nitrogens is 1. The summed E-state index contributed by atoms with van der Waals surface area (Å²) in [7, 11) is 0. The summed E-state index contributed by atoms with van der Waals surface area (Å²) in [6, 6.07) is 14.7. The summed E-state index contributed by atoms with van der Waals surface area (Å²) in [6.07, 6.45) is 10.3. The van der Waals surface area contributed by atoms with Crippen molar-refractivity contribution in [2.75, 3.05) is 60.9 Å². The smallest absolute Gasteiger partial charge is 0.249 e. The number of aromatic amines is 1. The summed E-state index contributed by atoms with van der Waals surface area (Å²) in [6.45, 7) is 15.1. The molecule has 10 nitrogen and oxygen atoms in total. The van der Waals surface area contributed by atoms with Crippen LogP contribution in [0, 0.1) is 23.5 Å². The van der Waals surface area contributed by atoms with E-state index in [4.69, 9.17) is 9.72 Å². The molecule has 302 valence electrons. The zero-order valence-electron chi connectivity index (χ0n) is 33.5. The summed E-state index contributed by atoms with van der Waals surface area (Å²) >= 11 is 0. The van der Waals surface area contributed by atoms with E-state index < -0.39 is 17.8 Å². The number of halogens is 2. The van der Waals surface area contributed by atoms with Gasteiger partial charge in [-0.25, -0.2) is 13.8 Å². The van der Waals surface area contributed by atoms with E-state index in [1.807, 2.05) is 18.3 Å². The van der Waals surface area contributed by atoms with E-state index in [0.717, 1.165) is 105 Å². The monoisotopic (exact) mass is 779 g/mol. The van der Waals surface area contributed by atoms with Gasteiger partial charge >= 0.3 is 0 Å². The molecule has 4 aromatic rings. The number of benzene rings is 2. The van der Waals surface area contributed by atoms with Gasteiger partial charge in [0.2, 0.25) is 11.8 Å². The van der Waals surface area contributed by atoms with Crippen molar-refractivity contribution in [1.29, 1.82) is 0 Å². The molecule has 57 heavy (non-hydrogen) atoms. The van der Waals surface area contributed by atoms with E-state index in [9.17, 15) is 18.4 Å². The van der Waals surface area contributed by atoms with Crippen molar-refractivity contribution in [1.82, 2.24) is 20.2 Å². The van der Waals surface area contributed by atoms with Crippen LogP contribution in [0.25, 0.3) is 16.5 Å². The number of amides is 2. The number of aromatic nitrogens is 2. The summed E-state index contributed by atoms with van der Waals surface area (Å²) in [5.74, 6) is 0.507. The second-order valence-corrected chi connectivity index (χ2v) is 17.7. The number of ether oxygens (including phenoxy) is 1. The van der Waals surface area contributed by atoms with Gasteiger partial charge in [-0.3, -0.25) is 19.8 Å². The fourth-order valence-corrected chi connectivity index (χ4v) is 9.60. The molecule has 1 unspecified atom stereocenters. The Bertz CT molecular complexity index is 2120. The first kappa shape index (κ1) is 39.0. The second kappa shape index (κ2) is 15.9. The number of nitrogens with zero attached hydrogens (tertiary/aromatic N) is 4. The Morgan fingerprint density at radius 1 is 0.877 bits per heavy atom. The highest BCUT2D eigenvalue weighted by atomic mass is 19.1. The van der Waals surface area contributed by atoms with Crippen molar-refractivity contribution in [3.63, 3.8) is 0 Å². The Labute approximate surface area is 334 Å². The Morgan fingerprint density at radius 3 is 2.32 bits per heavy atom. The number of allylic oxidation sites excluding steroid dienone is 1. The van der Waals surface area contributed by atoms with E-state index >= 15 is 0 Å². The van der Waals surface area contributed by atoms with Gasteiger partial charge in [-0.05, 0) is 125 Å². The topological polar surface area (TPSA) is 106 Å². The molecule has 0 saturated carbocycles. The first-order valence-corrected chi connectivity index (χ1v) is 20.5. The van der Waals surface area contributed by atoms with Gasteiger partial charge < -0.3 is 24.8 Å². The molecule has 0 bridgehead atoms. The van der Waals surface area contributed by atoms with Gasteiger partial charge in [-0.2, -0.15) is 0 Å². The Kier molecular flexibility index (Phi) is 10.9. The maximum Gasteiger partial charge on any atom is 0.249 e. The van der Waals surface area contributed by atoms with Crippen LogP contribution in [-0.2, 0) is 14.3 Å². The van der Waals surface area contributed by atoms with Crippen LogP contribution < -0.4 is 20.4 Å². The summed E-state index contributed by atoms with van der Waals surface area (Å²) in [5.41, 5.74) is 4.56. The van der Waals surface area contributed by atoms with Crippen molar-refractivity contribution in [3.05, 3.63) is 89.8 Å². The SMILES string of the molecule is CC1(C)CC(C=C(c2ccc(N3CCC(CN4CCN(c5ccc(F)c(NC6CCC(=O)NC6=O)c5)CC4)CC3)nc2)c2ccc3[nH]cc(F)c3c2)CC(C)(C)O1. The summed E-state index contributed by atoms with van der Waals surface area (Å²) in [4.78, 5) is 39.0. The fraction of sp³-hybridized carbons (Fsp3) is 0.489. The van der Waals surface area contributed by atoms with Gasteiger partial charge in [0.25, 0.3) is 0 Å². The molecule has 4 aliphatic rings. The number of nitrogens with one attached hydrogen (secondary N) is 3. The number of imide groups is 1. The maximum atomic E-state index is 14.7. The normalized spacial score (nSPS) is 22.6. The molecule has 8 rings (SSSR count). The molecular weight excluding hydrogens is 725 g/mol. The predicted molar refractivity (Wildman–Crippen MR) is 221 cm³/mol. The third-order valence-electron chi connectivity index (χ3n) is 12.2. The molecule has 4 aliphatic heterocycles. The molecule has 3 N–H and O–H groups in total. The van der Waals surface area contributed by atoms with Gasteiger partial charge in [0, 0.05) is 86.8 Å². The van der Waals surface area contributed by atoms with Crippen molar-refractivity contribution in [2.45, 2.75) is 83.5 Å². The van der Waals surface area contributed by atoms with E-state index in [2.05, 4.69) is 82.3 Å². The van der Waals surface area contributed by atoms with Gasteiger partial charge in [0.05, 0.1) is 16.9 Å². The highest BCUT2D eigenvalue weighted by molar-refractivity contribution is 6.01. The number of piperazine rings is 1. The summed E-state index contributed by atoms with van der Waals surface area (Å²) in [5, 5.41) is 5.93. The summed E-state index contributed by atoms with van der Waals surface area (Å²) < 4.78 is 35.9. The van der Waals surface area contributed by atoms with E-state index in [1.54, 1.807) is 12.1 Å². The number of piperidine rings is 2. The van der Waals surface area contributed by atoms with Crippen LogP contribution in [0.3, 0.4) is 0 Å². The molecular formula is C45H55F2N7O3. The minimum absolute atomic E-state index is 0.238. The first-order chi connectivity index (χ1) is 27.3. The van der Waals surface area contributed by atoms with E-state index in [0.29, 0.717) is 17.7 Å². The molecule has 0 spiro atoms. The number of hydrogen-bond acceptors (Lipinski definition) is 8. The van der Waals surface area contributed by atoms with E-state index in [1.165, 1.54) is 12.3 Å². The Balaban J connectivity index is 0.873. The van der Waals surface area contributed by atoms with Crippen LogP contribution in [0.2, 0.25) is 0 Å². The average Bonchev–Trinajstić information content (AvgIpc) is 3.55. The maximum absolute atomic E-state index is 14.7. The largest absolute Gasteiger partial charge is 0.371 e. The van der Waals surface area contributed by atoms with Crippen LogP contribution in [0.15, 0.2) is 67.0 Å². The number of pyridine rings is 1. The highest BCUT2D eigenvalue weighted by Crippen LogP contribution is 2.41. The second-order valence-electron chi connectivity index (χ2n) is 17.7. The van der Waals surface area contributed by atoms with Crippen molar-refractivity contribution < 1.29 is 23.1 Å². The zero-order valence-corrected chi connectivity index (χ0v) is 33.5. The van der Waals surface area contributed by atoms with Crippen molar-refractivity contribution in [2.24, 2.45) is 11.8 Å². The number of anilines is 3. The Hall–Kier alpha value is -4.81. The number of carbonyl (C=O) groups excluding carboxylic acids is 2. The first-order valence-electron chi connectivity index (χ1n) is 20.5. The predicted octanol–water partition coefficient (Wildman–Crippen LogP) is 7.51. The minimum Gasteiger partial charge on any atom is -0.371 e. The lowest BCUT2D eigenvalue weighted by atomic mass is 9.79. The van der Waals surface area contributed by atoms with Crippen LogP contribution >= 0.6 is 0 Å². The van der Waals surface area contributed by atoms with E-state index in [-0.39, 0.29) is 41.0 Å². The van der Waals surface area contributed by atoms with Gasteiger partial charge in [0.15, 0.2) is 0 Å². The van der Waals surface area contributed by atoms with Crippen LogP contribution in [0.1, 0.15) is 77.3 Å². The van der Waals surface area contributed by atoms with Crippen molar-refractivity contribution >= 4 is 45.5 Å². The Morgan fingerprint density at radius 2 is 1.61 bits per heavy atom. The molecule has 2 aromatic carbocycles. The third-order valence-corrected chi connectivity index (χ3v) is 12.2. The molecule has 12 heteroatoms. The number of hydrogen-bond donors (Lipinski definition) is 3. The molecule has 0 aliphatic carbocycles. The van der Waals surface area contributed by atoms with Crippen molar-refractivity contribution in [3.8, 4) is 0 Å². The molecule has 6 heterocycles. The van der Waals surface area contributed by atoms with Crippen LogP contribution in [0.5, 0.6) is 0 Å². The molecule has 2 aromatic heterocycles. The zero-order chi connectivity index (χ0) is 39.9. The molecule has 1 atom stereocenters. The fourth-order valence-electron chi connectivity index (χ4n) is 9.60. The lowest BCUT2D eigenvalue weighted by Crippen LogP contribution is -2.49. The number of carbonyl (C=O) groups is 2. The van der Waals surface area contributed by atoms with Gasteiger partial charge in [0.1, 0.15) is 23.5 Å². The van der Waals surface area contributed by atoms with Gasteiger partial charge in [-0.1, -0.05) is 12.1 Å². The van der Waals surface area contributed by atoms with Crippen LogP contribution in [0.4, 0.5) is 26.0 Å². The lowest BCUT2D eigenvalue weighted by molar-refractivity contribution is -0.166. The third kappa shape index (κ3) is 9.02. The number of rotatable bonds is 9. The molecule has 2 amide bonds. The minimum atomic E-state index is -0.631. The quantitative estimate of drug-likeness (QED) is 0.150. The number of fused-ring (bicyclic) bond motifs is 1.